The first kappa shape index (κ1) is 17.4. The van der Waals surface area contributed by atoms with Crippen LogP contribution in [0.5, 0.6) is 5.75 Å². The van der Waals surface area contributed by atoms with E-state index in [1.165, 1.54) is 18.2 Å². The van der Waals surface area contributed by atoms with E-state index in [1.54, 1.807) is 18.2 Å². The van der Waals surface area contributed by atoms with Crippen LogP contribution in [-0.2, 0) is 15.8 Å². The summed E-state index contributed by atoms with van der Waals surface area (Å²) in [6, 6.07) is 10.7. The number of nitrogens with one attached hydrogen (secondary N) is 1. The molecule has 0 spiro atoms. The number of sulfonamides is 1. The number of halogens is 4. The number of rotatable bonds is 5. The minimum atomic E-state index is -4.80. The molecule has 0 fully saturated rings. The first-order valence-corrected chi connectivity index (χ1v) is 8.27. The van der Waals surface area contributed by atoms with Crippen molar-refractivity contribution in [3.63, 3.8) is 0 Å². The predicted octanol–water partition coefficient (Wildman–Crippen LogP) is 4.18. The highest BCUT2D eigenvalue weighted by atomic mass is 35.5. The fraction of sp³-hybridized carbons (Fsp3) is 0.143. The molecule has 0 aliphatic carbocycles. The zero-order chi connectivity index (χ0) is 17.1. The Morgan fingerprint density at radius 3 is 2.30 bits per heavy atom. The molecule has 4 nitrogen and oxygen atoms in total. The van der Waals surface area contributed by atoms with Crippen LogP contribution in [0, 0.1) is 0 Å². The first-order valence-electron chi connectivity index (χ1n) is 6.24. The lowest BCUT2D eigenvalue weighted by atomic mass is 10.2. The summed E-state index contributed by atoms with van der Waals surface area (Å²) in [5.41, 5.74) is 0.614. The second-order valence-corrected chi connectivity index (χ2v) is 6.72. The normalized spacial score (nSPS) is 12.0. The minimum Gasteiger partial charge on any atom is -0.406 e. The van der Waals surface area contributed by atoms with Crippen LogP contribution >= 0.6 is 11.6 Å². The molecule has 9 heteroatoms. The molecule has 0 heterocycles. The molecule has 0 atom stereocenters. The van der Waals surface area contributed by atoms with Gasteiger partial charge in [-0.15, -0.1) is 13.2 Å². The van der Waals surface area contributed by atoms with E-state index < -0.39 is 22.1 Å². The molecule has 23 heavy (non-hydrogen) atoms. The fourth-order valence-corrected chi connectivity index (χ4v) is 3.19. The molecule has 0 saturated heterocycles. The van der Waals surface area contributed by atoms with Crippen LogP contribution in [0.3, 0.4) is 0 Å². The molecule has 0 radical (unpaired) electrons. The Kier molecular flexibility index (Phi) is 5.06. The molecule has 1 N–H and O–H groups in total. The second-order valence-electron chi connectivity index (χ2n) is 4.56. The molecule has 0 aromatic heterocycles. The zero-order valence-corrected chi connectivity index (χ0v) is 13.0. The van der Waals surface area contributed by atoms with Crippen LogP contribution in [-0.4, -0.2) is 14.8 Å². The molecular formula is C14H11ClF3NO3S. The largest absolute Gasteiger partial charge is 0.573 e. The molecule has 0 bridgehead atoms. The quantitative estimate of drug-likeness (QED) is 0.864. The summed E-state index contributed by atoms with van der Waals surface area (Å²) in [4.78, 5) is 0. The van der Waals surface area contributed by atoms with Gasteiger partial charge >= 0.3 is 6.36 Å². The van der Waals surface area contributed by atoms with Crippen molar-refractivity contribution >= 4 is 27.3 Å². The molecule has 0 unspecified atom stereocenters. The van der Waals surface area contributed by atoms with Gasteiger partial charge in [0.05, 0.1) is 5.75 Å². The summed E-state index contributed by atoms with van der Waals surface area (Å²) >= 11 is 5.78. The summed E-state index contributed by atoms with van der Waals surface area (Å²) in [5, 5.41) is 0.409. The Hall–Kier alpha value is -1.93. The highest BCUT2D eigenvalue weighted by molar-refractivity contribution is 7.91. The van der Waals surface area contributed by atoms with Crippen LogP contribution < -0.4 is 9.46 Å². The third-order valence-electron chi connectivity index (χ3n) is 2.61. The van der Waals surface area contributed by atoms with Gasteiger partial charge in [-0.25, -0.2) is 8.42 Å². The first-order chi connectivity index (χ1) is 10.6. The Labute approximate surface area is 135 Å². The van der Waals surface area contributed by atoms with Crippen molar-refractivity contribution in [2.24, 2.45) is 0 Å². The number of alkyl halides is 3. The molecule has 0 saturated carbocycles. The van der Waals surface area contributed by atoms with Crippen LogP contribution in [0.1, 0.15) is 5.56 Å². The summed E-state index contributed by atoms with van der Waals surface area (Å²) in [7, 11) is -3.72. The summed E-state index contributed by atoms with van der Waals surface area (Å²) in [6.45, 7) is 0. The molecule has 124 valence electrons. The van der Waals surface area contributed by atoms with Crippen molar-refractivity contribution in [2.45, 2.75) is 12.1 Å². The lowest BCUT2D eigenvalue weighted by molar-refractivity contribution is -0.274. The highest BCUT2D eigenvalue weighted by Crippen LogP contribution is 2.24. The van der Waals surface area contributed by atoms with Gasteiger partial charge in [0.2, 0.25) is 10.0 Å². The highest BCUT2D eigenvalue weighted by Gasteiger charge is 2.31. The van der Waals surface area contributed by atoms with Crippen molar-refractivity contribution in [3.05, 3.63) is 59.1 Å². The monoisotopic (exact) mass is 365 g/mol. The third-order valence-corrected chi connectivity index (χ3v) is 4.10. The van der Waals surface area contributed by atoms with Crippen molar-refractivity contribution in [3.8, 4) is 5.75 Å². The maximum absolute atomic E-state index is 12.0. The Morgan fingerprint density at radius 1 is 1.09 bits per heavy atom. The number of hydrogen-bond acceptors (Lipinski definition) is 3. The number of hydrogen-bond donors (Lipinski definition) is 1. The SMILES string of the molecule is O=S(=O)(Cc1cccc(Cl)c1)Nc1ccc(OC(F)(F)F)cc1. The van der Waals surface area contributed by atoms with Gasteiger partial charge < -0.3 is 4.74 Å². The topological polar surface area (TPSA) is 55.4 Å². The Balaban J connectivity index is 2.05. The van der Waals surface area contributed by atoms with Crippen LogP contribution in [0.15, 0.2) is 48.5 Å². The van der Waals surface area contributed by atoms with Crippen molar-refractivity contribution in [1.82, 2.24) is 0 Å². The van der Waals surface area contributed by atoms with Crippen molar-refractivity contribution in [2.75, 3.05) is 4.72 Å². The Morgan fingerprint density at radius 2 is 1.74 bits per heavy atom. The van der Waals surface area contributed by atoms with Gasteiger partial charge in [0.1, 0.15) is 5.75 Å². The maximum Gasteiger partial charge on any atom is 0.573 e. The van der Waals surface area contributed by atoms with Crippen LogP contribution in [0.2, 0.25) is 5.02 Å². The van der Waals surface area contributed by atoms with Gasteiger partial charge in [-0.2, -0.15) is 0 Å². The van der Waals surface area contributed by atoms with E-state index in [1.807, 2.05) is 0 Å². The van der Waals surface area contributed by atoms with Crippen LogP contribution in [0.25, 0.3) is 0 Å². The van der Waals surface area contributed by atoms with E-state index in [-0.39, 0.29) is 11.4 Å². The van der Waals surface area contributed by atoms with Gasteiger partial charge in [-0.05, 0) is 42.0 Å². The van der Waals surface area contributed by atoms with Gasteiger partial charge in [0.25, 0.3) is 0 Å². The Bertz CT molecular complexity index is 777. The number of anilines is 1. The predicted molar refractivity (Wildman–Crippen MR) is 80.8 cm³/mol. The molecule has 0 aliphatic rings. The van der Waals surface area contributed by atoms with Gasteiger partial charge in [0.15, 0.2) is 0 Å². The lowest BCUT2D eigenvalue weighted by Crippen LogP contribution is -2.17. The van der Waals surface area contributed by atoms with E-state index >= 15 is 0 Å². The number of ether oxygens (including phenoxy) is 1. The van der Waals surface area contributed by atoms with Crippen LogP contribution in [0.4, 0.5) is 18.9 Å². The molecule has 2 rings (SSSR count). The maximum atomic E-state index is 12.0. The molecule has 2 aromatic rings. The van der Waals surface area contributed by atoms with E-state index in [0.717, 1.165) is 12.1 Å². The standard InChI is InChI=1S/C14H11ClF3NO3S/c15-11-3-1-2-10(8-11)9-23(20,21)19-12-4-6-13(7-5-12)22-14(16,17)18/h1-8,19H,9H2. The smallest absolute Gasteiger partial charge is 0.406 e. The van der Waals surface area contributed by atoms with Gasteiger partial charge in [-0.1, -0.05) is 23.7 Å². The van der Waals surface area contributed by atoms with Crippen molar-refractivity contribution in [1.29, 1.82) is 0 Å². The summed E-state index contributed by atoms with van der Waals surface area (Å²) in [6.07, 6.45) is -4.80. The summed E-state index contributed by atoms with van der Waals surface area (Å²) < 4.78 is 66.2. The van der Waals surface area contributed by atoms with Crippen molar-refractivity contribution < 1.29 is 26.3 Å². The summed E-state index contributed by atoms with van der Waals surface area (Å²) in [5.74, 6) is -0.746. The van der Waals surface area contributed by atoms with E-state index in [4.69, 9.17) is 11.6 Å². The van der Waals surface area contributed by atoms with Gasteiger partial charge in [0, 0.05) is 10.7 Å². The number of benzene rings is 2. The van der Waals surface area contributed by atoms with E-state index in [0.29, 0.717) is 10.6 Å². The molecule has 0 aliphatic heterocycles. The average molecular weight is 366 g/mol. The van der Waals surface area contributed by atoms with Gasteiger partial charge in [-0.3, -0.25) is 4.72 Å². The minimum absolute atomic E-state index is 0.126. The lowest BCUT2D eigenvalue weighted by Gasteiger charge is -2.11. The van der Waals surface area contributed by atoms with E-state index in [2.05, 4.69) is 9.46 Å². The average Bonchev–Trinajstić information content (AvgIpc) is 2.38. The third kappa shape index (κ3) is 5.99. The zero-order valence-electron chi connectivity index (χ0n) is 11.5. The molecule has 2 aromatic carbocycles. The van der Waals surface area contributed by atoms with E-state index in [9.17, 15) is 21.6 Å². The molecular weight excluding hydrogens is 355 g/mol. The fourth-order valence-electron chi connectivity index (χ4n) is 1.79. The second kappa shape index (κ2) is 6.67. The molecule has 0 amide bonds.